The first-order valence-electron chi connectivity index (χ1n) is 6.01. The summed E-state index contributed by atoms with van der Waals surface area (Å²) in [7, 11) is 0. The van der Waals surface area contributed by atoms with E-state index in [2.05, 4.69) is 55.9 Å². The number of nitrogens with one attached hydrogen (secondary N) is 1. The Kier molecular flexibility index (Phi) is 3.82. The van der Waals surface area contributed by atoms with Gasteiger partial charge >= 0.3 is 0 Å². The van der Waals surface area contributed by atoms with Crippen LogP contribution in [0, 0.1) is 20.8 Å². The third-order valence-electron chi connectivity index (χ3n) is 2.84. The molecule has 0 atom stereocenters. The van der Waals surface area contributed by atoms with Crippen LogP contribution in [0.2, 0.25) is 0 Å². The molecule has 2 rings (SSSR count). The largest absolute Gasteiger partial charge is 0.358 e. The van der Waals surface area contributed by atoms with Crippen LogP contribution in [0.5, 0.6) is 0 Å². The summed E-state index contributed by atoms with van der Waals surface area (Å²) < 4.78 is 0. The fourth-order valence-corrected chi connectivity index (χ4v) is 2.71. The molecule has 1 aromatic heterocycles. The first kappa shape index (κ1) is 12.8. The number of nitrogens with zero attached hydrogens (tertiary/aromatic N) is 1. The Balaban J connectivity index is 2.40. The van der Waals surface area contributed by atoms with E-state index in [-0.39, 0.29) is 0 Å². The number of aromatic nitrogens is 1. The third-order valence-corrected chi connectivity index (χ3v) is 3.77. The lowest BCUT2D eigenvalue weighted by molar-refractivity contribution is 1.27. The van der Waals surface area contributed by atoms with E-state index in [0.717, 1.165) is 17.4 Å². The molecule has 0 aliphatic heterocycles. The fourth-order valence-electron chi connectivity index (χ4n) is 1.87. The minimum absolute atomic E-state index is 0.749. The topological polar surface area (TPSA) is 24.9 Å². The average Bonchev–Trinajstić information content (AvgIpc) is 2.71. The summed E-state index contributed by atoms with van der Waals surface area (Å²) in [6, 6.07) is 6.49. The average molecular weight is 258 g/mol. The van der Waals surface area contributed by atoms with Crippen molar-refractivity contribution >= 4 is 16.5 Å². The van der Waals surface area contributed by atoms with Crippen LogP contribution < -0.4 is 5.32 Å². The minimum atomic E-state index is 0.749. The third kappa shape index (κ3) is 2.62. The molecule has 0 aliphatic carbocycles. The molecule has 0 amide bonds. The molecule has 0 radical (unpaired) electrons. The molecule has 3 heteroatoms. The molecule has 1 aromatic carbocycles. The number of anilines is 1. The second kappa shape index (κ2) is 5.36. The van der Waals surface area contributed by atoms with Crippen molar-refractivity contribution in [3.05, 3.63) is 46.9 Å². The second-order valence-corrected chi connectivity index (χ2v) is 5.61. The molecule has 1 heterocycles. The normalized spacial score (nSPS) is 10.4. The van der Waals surface area contributed by atoms with Gasteiger partial charge in [0.15, 0.2) is 5.13 Å². The molecule has 94 valence electrons. The van der Waals surface area contributed by atoms with Crippen molar-refractivity contribution in [2.45, 2.75) is 20.8 Å². The van der Waals surface area contributed by atoms with Crippen molar-refractivity contribution in [2.24, 2.45) is 0 Å². The highest BCUT2D eigenvalue weighted by molar-refractivity contribution is 7.16. The molecule has 0 spiro atoms. The van der Waals surface area contributed by atoms with Crippen LogP contribution in [0.3, 0.4) is 0 Å². The Morgan fingerprint density at radius 3 is 2.83 bits per heavy atom. The van der Waals surface area contributed by atoms with Gasteiger partial charge in [0, 0.05) is 17.0 Å². The lowest BCUT2D eigenvalue weighted by Crippen LogP contribution is -1.96. The lowest BCUT2D eigenvalue weighted by atomic mass is 10.0. The van der Waals surface area contributed by atoms with E-state index in [9.17, 15) is 0 Å². The van der Waals surface area contributed by atoms with Gasteiger partial charge in [0.1, 0.15) is 0 Å². The zero-order valence-corrected chi connectivity index (χ0v) is 11.9. The van der Waals surface area contributed by atoms with E-state index in [0.29, 0.717) is 0 Å². The van der Waals surface area contributed by atoms with Crippen LogP contribution in [-0.4, -0.2) is 11.5 Å². The summed E-state index contributed by atoms with van der Waals surface area (Å²) in [6.07, 6.45) is 1.84. The first-order chi connectivity index (χ1) is 8.61. The van der Waals surface area contributed by atoms with Crippen LogP contribution in [0.4, 0.5) is 5.13 Å². The van der Waals surface area contributed by atoms with Gasteiger partial charge in [-0.15, -0.1) is 17.9 Å². The Morgan fingerprint density at radius 2 is 2.11 bits per heavy atom. The van der Waals surface area contributed by atoms with Crippen molar-refractivity contribution in [2.75, 3.05) is 11.9 Å². The molecule has 0 bridgehead atoms. The van der Waals surface area contributed by atoms with Crippen molar-refractivity contribution in [1.82, 2.24) is 4.98 Å². The van der Waals surface area contributed by atoms with Gasteiger partial charge in [0.2, 0.25) is 0 Å². The van der Waals surface area contributed by atoms with Gasteiger partial charge in [-0.3, -0.25) is 0 Å². The van der Waals surface area contributed by atoms with Crippen LogP contribution >= 0.6 is 11.3 Å². The molecule has 0 saturated carbocycles. The van der Waals surface area contributed by atoms with Crippen LogP contribution in [0.1, 0.15) is 16.0 Å². The van der Waals surface area contributed by atoms with Gasteiger partial charge in [-0.1, -0.05) is 23.8 Å². The smallest absolute Gasteiger partial charge is 0.183 e. The van der Waals surface area contributed by atoms with E-state index in [4.69, 9.17) is 0 Å². The summed E-state index contributed by atoms with van der Waals surface area (Å²) in [5, 5.41) is 4.21. The maximum absolute atomic E-state index is 4.68. The number of hydrogen-bond acceptors (Lipinski definition) is 3. The van der Waals surface area contributed by atoms with Gasteiger partial charge in [-0.2, -0.15) is 0 Å². The molecule has 0 aliphatic rings. The summed E-state index contributed by atoms with van der Waals surface area (Å²) in [6.45, 7) is 10.8. The molecule has 2 nitrogen and oxygen atoms in total. The van der Waals surface area contributed by atoms with Crippen LogP contribution in [0.25, 0.3) is 11.3 Å². The quantitative estimate of drug-likeness (QED) is 0.825. The van der Waals surface area contributed by atoms with E-state index >= 15 is 0 Å². The van der Waals surface area contributed by atoms with Crippen molar-refractivity contribution in [3.8, 4) is 11.3 Å². The zero-order valence-electron chi connectivity index (χ0n) is 11.1. The maximum Gasteiger partial charge on any atom is 0.183 e. The second-order valence-electron chi connectivity index (χ2n) is 4.41. The first-order valence-corrected chi connectivity index (χ1v) is 6.83. The van der Waals surface area contributed by atoms with E-state index in [1.807, 2.05) is 6.08 Å². The molecule has 0 saturated heterocycles. The Bertz CT molecular complexity index is 570. The number of thiazole rings is 1. The summed E-state index contributed by atoms with van der Waals surface area (Å²) >= 11 is 1.69. The SMILES string of the molecule is C=CCNc1nc(-c2cc(C)ccc2C)c(C)s1. The number of hydrogen-bond donors (Lipinski definition) is 1. The zero-order chi connectivity index (χ0) is 13.1. The van der Waals surface area contributed by atoms with Gasteiger partial charge in [-0.05, 0) is 32.4 Å². The lowest BCUT2D eigenvalue weighted by Gasteiger charge is -2.05. The van der Waals surface area contributed by atoms with E-state index < -0.39 is 0 Å². The Morgan fingerprint density at radius 1 is 1.33 bits per heavy atom. The maximum atomic E-state index is 4.68. The Labute approximate surface area is 112 Å². The van der Waals surface area contributed by atoms with Crippen molar-refractivity contribution in [1.29, 1.82) is 0 Å². The van der Waals surface area contributed by atoms with Gasteiger partial charge in [0.05, 0.1) is 5.69 Å². The molecule has 2 aromatic rings. The molecule has 18 heavy (non-hydrogen) atoms. The van der Waals surface area contributed by atoms with Gasteiger partial charge < -0.3 is 5.32 Å². The highest BCUT2D eigenvalue weighted by atomic mass is 32.1. The predicted octanol–water partition coefficient (Wildman–Crippen LogP) is 4.33. The van der Waals surface area contributed by atoms with Gasteiger partial charge in [0.25, 0.3) is 0 Å². The summed E-state index contributed by atoms with van der Waals surface area (Å²) in [4.78, 5) is 5.92. The number of benzene rings is 1. The highest BCUT2D eigenvalue weighted by Gasteiger charge is 2.11. The van der Waals surface area contributed by atoms with Crippen LogP contribution in [0.15, 0.2) is 30.9 Å². The van der Waals surface area contributed by atoms with E-state index in [1.54, 1.807) is 11.3 Å². The number of rotatable bonds is 4. The Hall–Kier alpha value is -1.61. The van der Waals surface area contributed by atoms with Crippen molar-refractivity contribution < 1.29 is 0 Å². The molecule has 1 N–H and O–H groups in total. The van der Waals surface area contributed by atoms with Crippen LogP contribution in [-0.2, 0) is 0 Å². The summed E-state index contributed by atoms with van der Waals surface area (Å²) in [5.74, 6) is 0. The molecular formula is C15H18N2S. The summed E-state index contributed by atoms with van der Waals surface area (Å²) in [5.41, 5.74) is 4.86. The van der Waals surface area contributed by atoms with E-state index in [1.165, 1.54) is 21.6 Å². The number of aryl methyl sites for hydroxylation is 3. The molecule has 0 unspecified atom stereocenters. The monoisotopic (exact) mass is 258 g/mol. The predicted molar refractivity (Wildman–Crippen MR) is 80.4 cm³/mol. The minimum Gasteiger partial charge on any atom is -0.358 e. The van der Waals surface area contributed by atoms with Crippen molar-refractivity contribution in [3.63, 3.8) is 0 Å². The van der Waals surface area contributed by atoms with Gasteiger partial charge in [-0.25, -0.2) is 4.98 Å². The molecular weight excluding hydrogens is 240 g/mol. The molecule has 0 fully saturated rings. The fraction of sp³-hybridized carbons (Fsp3) is 0.267. The highest BCUT2D eigenvalue weighted by Crippen LogP contribution is 2.32. The standard InChI is InChI=1S/C15H18N2S/c1-5-8-16-15-17-14(12(4)18-15)13-9-10(2)6-7-11(13)3/h5-7,9H,1,8H2,2-4H3,(H,16,17).